The monoisotopic (exact) mass is 311 g/mol. The number of aryl methyl sites for hydroxylation is 2. The summed E-state index contributed by atoms with van der Waals surface area (Å²) in [5.41, 5.74) is 2.90. The van der Waals surface area contributed by atoms with Crippen molar-refractivity contribution < 1.29 is 19.0 Å². The van der Waals surface area contributed by atoms with Crippen molar-refractivity contribution in [3.05, 3.63) is 47.5 Å². The molecule has 2 aliphatic heterocycles. The molecule has 0 spiro atoms. The minimum Gasteiger partial charge on any atom is -0.480 e. The molecule has 1 unspecified atom stereocenters. The van der Waals surface area contributed by atoms with Crippen molar-refractivity contribution in [3.63, 3.8) is 0 Å². The van der Waals surface area contributed by atoms with Gasteiger partial charge in [-0.05, 0) is 43.0 Å². The summed E-state index contributed by atoms with van der Waals surface area (Å²) in [4.78, 5) is 12.5. The Balaban J connectivity index is 1.51. The maximum atomic E-state index is 12.5. The number of fused-ring (bicyclic) bond motifs is 2. The van der Waals surface area contributed by atoms with Gasteiger partial charge in [0.05, 0.1) is 0 Å². The Morgan fingerprint density at radius 1 is 1.13 bits per heavy atom. The topological polar surface area (TPSA) is 56.8 Å². The zero-order chi connectivity index (χ0) is 15.8. The van der Waals surface area contributed by atoms with Gasteiger partial charge >= 0.3 is 0 Å². The van der Waals surface area contributed by atoms with E-state index in [9.17, 15) is 4.79 Å². The van der Waals surface area contributed by atoms with Crippen LogP contribution in [0, 0.1) is 6.92 Å². The number of carbonyl (C=O) groups excluding carboxylic acids is 1. The van der Waals surface area contributed by atoms with E-state index in [1.165, 1.54) is 0 Å². The third-order valence-electron chi connectivity index (χ3n) is 4.20. The van der Waals surface area contributed by atoms with Crippen LogP contribution in [0.25, 0.3) is 0 Å². The fourth-order valence-corrected chi connectivity index (χ4v) is 2.88. The fraction of sp³-hybridized carbons (Fsp3) is 0.278. The number of para-hydroxylation sites is 1. The number of rotatable bonds is 2. The van der Waals surface area contributed by atoms with E-state index in [4.69, 9.17) is 14.2 Å². The van der Waals surface area contributed by atoms with E-state index in [1.54, 1.807) is 0 Å². The number of hydrogen-bond acceptors (Lipinski definition) is 4. The number of nitrogens with one attached hydrogen (secondary N) is 1. The van der Waals surface area contributed by atoms with E-state index >= 15 is 0 Å². The van der Waals surface area contributed by atoms with Gasteiger partial charge in [-0.15, -0.1) is 0 Å². The minimum atomic E-state index is -0.498. The number of hydrogen-bond donors (Lipinski definition) is 1. The first-order valence-electron chi connectivity index (χ1n) is 7.66. The van der Waals surface area contributed by atoms with Crippen LogP contribution in [-0.4, -0.2) is 18.8 Å². The maximum absolute atomic E-state index is 12.5. The molecule has 1 atom stereocenters. The van der Waals surface area contributed by atoms with Crippen molar-refractivity contribution in [1.29, 1.82) is 0 Å². The Kier molecular flexibility index (Phi) is 3.33. The zero-order valence-electron chi connectivity index (χ0n) is 12.8. The smallest absolute Gasteiger partial charge is 0.265 e. The van der Waals surface area contributed by atoms with Gasteiger partial charge in [0.1, 0.15) is 5.75 Å². The number of anilines is 1. The molecule has 0 fully saturated rings. The molecule has 4 rings (SSSR count). The molecule has 0 radical (unpaired) electrons. The van der Waals surface area contributed by atoms with Gasteiger partial charge in [0.2, 0.25) is 6.79 Å². The van der Waals surface area contributed by atoms with Gasteiger partial charge in [-0.1, -0.05) is 18.2 Å². The summed E-state index contributed by atoms with van der Waals surface area (Å²) in [5, 5.41) is 2.94. The maximum Gasteiger partial charge on any atom is 0.265 e. The lowest BCUT2D eigenvalue weighted by atomic mass is 10.0. The van der Waals surface area contributed by atoms with Crippen LogP contribution in [0.15, 0.2) is 36.4 Å². The Morgan fingerprint density at radius 3 is 2.74 bits per heavy atom. The van der Waals surface area contributed by atoms with Crippen LogP contribution in [0.2, 0.25) is 0 Å². The van der Waals surface area contributed by atoms with Gasteiger partial charge < -0.3 is 19.5 Å². The van der Waals surface area contributed by atoms with Crippen molar-refractivity contribution in [2.45, 2.75) is 25.9 Å². The van der Waals surface area contributed by atoms with Gasteiger partial charge in [-0.25, -0.2) is 0 Å². The second-order valence-corrected chi connectivity index (χ2v) is 5.76. The van der Waals surface area contributed by atoms with E-state index in [1.807, 2.05) is 43.3 Å². The molecule has 2 aromatic carbocycles. The average molecular weight is 311 g/mol. The molecular weight excluding hydrogens is 294 g/mol. The third-order valence-corrected chi connectivity index (χ3v) is 4.20. The van der Waals surface area contributed by atoms with Crippen LogP contribution in [0.1, 0.15) is 17.5 Å². The molecule has 0 saturated heterocycles. The van der Waals surface area contributed by atoms with Crippen molar-refractivity contribution in [2.24, 2.45) is 0 Å². The molecule has 2 aliphatic rings. The second kappa shape index (κ2) is 5.50. The predicted molar refractivity (Wildman–Crippen MR) is 85.1 cm³/mol. The van der Waals surface area contributed by atoms with E-state index in [-0.39, 0.29) is 12.7 Å². The summed E-state index contributed by atoms with van der Waals surface area (Å²) in [7, 11) is 0. The molecule has 118 valence electrons. The van der Waals surface area contributed by atoms with Gasteiger partial charge in [0, 0.05) is 11.8 Å². The number of benzene rings is 2. The van der Waals surface area contributed by atoms with Crippen molar-refractivity contribution in [3.8, 4) is 17.2 Å². The highest BCUT2D eigenvalue weighted by molar-refractivity contribution is 5.95. The first-order valence-corrected chi connectivity index (χ1v) is 7.66. The molecular formula is C18H17NO4. The normalized spacial score (nSPS) is 18.0. The fourth-order valence-electron chi connectivity index (χ4n) is 2.88. The van der Waals surface area contributed by atoms with E-state index in [0.29, 0.717) is 17.9 Å². The van der Waals surface area contributed by atoms with Crippen molar-refractivity contribution >= 4 is 11.6 Å². The molecule has 0 aliphatic carbocycles. The molecule has 2 heterocycles. The molecule has 1 amide bonds. The lowest BCUT2D eigenvalue weighted by molar-refractivity contribution is -0.123. The number of amides is 1. The molecule has 0 bridgehead atoms. The molecule has 5 nitrogen and oxygen atoms in total. The highest BCUT2D eigenvalue weighted by Gasteiger charge is 2.29. The van der Waals surface area contributed by atoms with E-state index in [0.717, 1.165) is 29.0 Å². The molecule has 5 heteroatoms. The molecule has 0 aromatic heterocycles. The van der Waals surface area contributed by atoms with Crippen LogP contribution in [0.4, 0.5) is 5.69 Å². The zero-order valence-corrected chi connectivity index (χ0v) is 12.8. The SMILES string of the molecule is Cc1ccccc1NC(=O)C1CCc2cc3c(cc2O1)OCO3. The third kappa shape index (κ3) is 2.59. The standard InChI is InChI=1S/C18H17NO4/c1-11-4-2-3-5-13(11)19-18(20)14-7-6-12-8-16-17(22-10-21-16)9-15(12)23-14/h2-5,8-9,14H,6-7,10H2,1H3,(H,19,20). The van der Waals surface area contributed by atoms with Crippen LogP contribution < -0.4 is 19.5 Å². The Morgan fingerprint density at radius 2 is 1.91 bits per heavy atom. The van der Waals surface area contributed by atoms with E-state index < -0.39 is 6.10 Å². The average Bonchev–Trinajstić information content (AvgIpc) is 3.01. The predicted octanol–water partition coefficient (Wildman–Crippen LogP) is 3.06. The highest BCUT2D eigenvalue weighted by Crippen LogP contribution is 2.40. The first-order chi connectivity index (χ1) is 11.2. The van der Waals surface area contributed by atoms with Crippen LogP contribution in [0.3, 0.4) is 0 Å². The number of ether oxygens (including phenoxy) is 3. The van der Waals surface area contributed by atoms with Crippen molar-refractivity contribution in [1.82, 2.24) is 0 Å². The lowest BCUT2D eigenvalue weighted by Gasteiger charge is -2.25. The van der Waals surface area contributed by atoms with Crippen LogP contribution in [-0.2, 0) is 11.2 Å². The molecule has 23 heavy (non-hydrogen) atoms. The summed E-state index contributed by atoms with van der Waals surface area (Å²) < 4.78 is 16.6. The summed E-state index contributed by atoms with van der Waals surface area (Å²) in [6.07, 6.45) is 0.921. The summed E-state index contributed by atoms with van der Waals surface area (Å²) in [5.74, 6) is 1.99. The Labute approximate surface area is 134 Å². The largest absolute Gasteiger partial charge is 0.480 e. The Bertz CT molecular complexity index is 772. The van der Waals surface area contributed by atoms with Crippen LogP contribution in [0.5, 0.6) is 17.2 Å². The number of carbonyl (C=O) groups is 1. The van der Waals surface area contributed by atoms with Gasteiger partial charge in [0.15, 0.2) is 17.6 Å². The molecule has 2 aromatic rings. The summed E-state index contributed by atoms with van der Waals surface area (Å²) in [6, 6.07) is 11.5. The summed E-state index contributed by atoms with van der Waals surface area (Å²) >= 11 is 0. The van der Waals surface area contributed by atoms with Crippen LogP contribution >= 0.6 is 0 Å². The Hall–Kier alpha value is -2.69. The second-order valence-electron chi connectivity index (χ2n) is 5.76. The van der Waals surface area contributed by atoms with Gasteiger partial charge in [-0.3, -0.25) is 4.79 Å². The minimum absolute atomic E-state index is 0.123. The highest BCUT2D eigenvalue weighted by atomic mass is 16.7. The molecule has 1 N–H and O–H groups in total. The molecule has 0 saturated carbocycles. The van der Waals surface area contributed by atoms with Crippen molar-refractivity contribution in [2.75, 3.05) is 12.1 Å². The van der Waals surface area contributed by atoms with Gasteiger partial charge in [-0.2, -0.15) is 0 Å². The van der Waals surface area contributed by atoms with E-state index in [2.05, 4.69) is 5.32 Å². The quantitative estimate of drug-likeness (QED) is 0.926. The summed E-state index contributed by atoms with van der Waals surface area (Å²) in [6.45, 7) is 2.20. The lowest BCUT2D eigenvalue weighted by Crippen LogP contribution is -2.36. The first kappa shape index (κ1) is 13.9. The van der Waals surface area contributed by atoms with Gasteiger partial charge in [0.25, 0.3) is 5.91 Å².